The van der Waals surface area contributed by atoms with Crippen LogP contribution < -0.4 is 0 Å². The standard InChI is InChI=1S/C16H15N3O/c1-2-5-13(6-3-1)19-15(12-8-10-20-11-12)18-14-7-4-9-17-16(14)19/h1-7,9,12H,8,10-11H2. The highest BCUT2D eigenvalue weighted by molar-refractivity contribution is 5.74. The summed E-state index contributed by atoms with van der Waals surface area (Å²) in [6.45, 7) is 1.56. The molecule has 1 fully saturated rings. The maximum Gasteiger partial charge on any atom is 0.164 e. The van der Waals surface area contributed by atoms with Crippen LogP contribution in [0.3, 0.4) is 0 Å². The Morgan fingerprint density at radius 1 is 1.10 bits per heavy atom. The van der Waals surface area contributed by atoms with Crippen LogP contribution in [0.15, 0.2) is 48.7 Å². The van der Waals surface area contributed by atoms with Crippen LogP contribution in [0, 0.1) is 0 Å². The zero-order valence-corrected chi connectivity index (χ0v) is 11.1. The Balaban J connectivity index is 1.98. The number of nitrogens with zero attached hydrogens (tertiary/aromatic N) is 3. The molecular formula is C16H15N3O. The lowest BCUT2D eigenvalue weighted by molar-refractivity contribution is 0.193. The quantitative estimate of drug-likeness (QED) is 0.715. The summed E-state index contributed by atoms with van der Waals surface area (Å²) in [7, 11) is 0. The summed E-state index contributed by atoms with van der Waals surface area (Å²) < 4.78 is 7.69. The van der Waals surface area contributed by atoms with Crippen LogP contribution in [0.4, 0.5) is 0 Å². The highest BCUT2D eigenvalue weighted by Crippen LogP contribution is 2.29. The van der Waals surface area contributed by atoms with Gasteiger partial charge in [0.1, 0.15) is 11.3 Å². The van der Waals surface area contributed by atoms with Gasteiger partial charge < -0.3 is 4.74 Å². The van der Waals surface area contributed by atoms with Gasteiger partial charge in [0.2, 0.25) is 0 Å². The minimum Gasteiger partial charge on any atom is -0.381 e. The molecule has 100 valence electrons. The molecule has 1 aliphatic heterocycles. The molecule has 0 amide bonds. The van der Waals surface area contributed by atoms with E-state index in [4.69, 9.17) is 9.72 Å². The fourth-order valence-corrected chi connectivity index (χ4v) is 2.77. The van der Waals surface area contributed by atoms with Crippen molar-refractivity contribution in [2.24, 2.45) is 0 Å². The van der Waals surface area contributed by atoms with Gasteiger partial charge >= 0.3 is 0 Å². The molecular weight excluding hydrogens is 250 g/mol. The normalized spacial score (nSPS) is 18.7. The highest BCUT2D eigenvalue weighted by atomic mass is 16.5. The molecule has 4 rings (SSSR count). The number of aromatic nitrogens is 3. The molecule has 3 aromatic rings. The smallest absolute Gasteiger partial charge is 0.164 e. The molecule has 0 saturated carbocycles. The van der Waals surface area contributed by atoms with Crippen molar-refractivity contribution in [1.29, 1.82) is 0 Å². The van der Waals surface area contributed by atoms with E-state index in [9.17, 15) is 0 Å². The summed E-state index contributed by atoms with van der Waals surface area (Å²) >= 11 is 0. The number of imidazole rings is 1. The average molecular weight is 265 g/mol. The van der Waals surface area contributed by atoms with Crippen molar-refractivity contribution in [3.8, 4) is 5.69 Å². The van der Waals surface area contributed by atoms with Crippen molar-refractivity contribution >= 4 is 11.2 Å². The Kier molecular flexibility index (Phi) is 2.74. The zero-order valence-electron chi connectivity index (χ0n) is 11.1. The van der Waals surface area contributed by atoms with Crippen molar-refractivity contribution in [2.75, 3.05) is 13.2 Å². The van der Waals surface area contributed by atoms with E-state index in [-0.39, 0.29) is 0 Å². The number of pyridine rings is 1. The number of hydrogen-bond donors (Lipinski definition) is 0. The first-order chi connectivity index (χ1) is 9.93. The van der Waals surface area contributed by atoms with Crippen molar-refractivity contribution in [3.05, 3.63) is 54.5 Å². The molecule has 0 bridgehead atoms. The van der Waals surface area contributed by atoms with Crippen LogP contribution in [0.1, 0.15) is 18.2 Å². The third kappa shape index (κ3) is 1.80. The molecule has 3 heterocycles. The second-order valence-corrected chi connectivity index (χ2v) is 5.05. The van der Waals surface area contributed by atoms with E-state index >= 15 is 0 Å². The lowest BCUT2D eigenvalue weighted by Gasteiger charge is -2.12. The maximum absolute atomic E-state index is 5.52. The van der Waals surface area contributed by atoms with Gasteiger partial charge in [0.05, 0.1) is 6.61 Å². The van der Waals surface area contributed by atoms with Crippen LogP contribution in [0.2, 0.25) is 0 Å². The molecule has 1 unspecified atom stereocenters. The van der Waals surface area contributed by atoms with E-state index in [1.165, 1.54) is 0 Å². The molecule has 1 atom stereocenters. The van der Waals surface area contributed by atoms with Crippen molar-refractivity contribution in [1.82, 2.24) is 14.5 Å². The number of fused-ring (bicyclic) bond motifs is 1. The van der Waals surface area contributed by atoms with Gasteiger partial charge in [-0.05, 0) is 30.7 Å². The average Bonchev–Trinajstić information content (AvgIpc) is 3.15. The van der Waals surface area contributed by atoms with Gasteiger partial charge in [-0.15, -0.1) is 0 Å². The van der Waals surface area contributed by atoms with Crippen LogP contribution in [-0.2, 0) is 4.74 Å². The van der Waals surface area contributed by atoms with Gasteiger partial charge in [0.25, 0.3) is 0 Å². The molecule has 0 radical (unpaired) electrons. The summed E-state index contributed by atoms with van der Waals surface area (Å²) in [6, 6.07) is 14.2. The number of benzene rings is 1. The third-order valence-corrected chi connectivity index (χ3v) is 3.75. The molecule has 0 spiro atoms. The molecule has 4 heteroatoms. The lowest BCUT2D eigenvalue weighted by Crippen LogP contribution is -2.08. The van der Waals surface area contributed by atoms with Gasteiger partial charge in [-0.1, -0.05) is 18.2 Å². The van der Waals surface area contributed by atoms with E-state index in [1.54, 1.807) is 0 Å². The van der Waals surface area contributed by atoms with E-state index in [2.05, 4.69) is 21.7 Å². The Morgan fingerprint density at radius 2 is 2.00 bits per heavy atom. The lowest BCUT2D eigenvalue weighted by atomic mass is 10.1. The number of para-hydroxylation sites is 1. The van der Waals surface area contributed by atoms with Gasteiger partial charge in [-0.2, -0.15) is 0 Å². The fraction of sp³-hybridized carbons (Fsp3) is 0.250. The first-order valence-electron chi connectivity index (χ1n) is 6.90. The number of rotatable bonds is 2. The maximum atomic E-state index is 5.52. The summed E-state index contributed by atoms with van der Waals surface area (Å²) in [6.07, 6.45) is 2.84. The Morgan fingerprint density at radius 3 is 2.80 bits per heavy atom. The van der Waals surface area contributed by atoms with Crippen molar-refractivity contribution in [2.45, 2.75) is 12.3 Å². The second kappa shape index (κ2) is 4.72. The Hall–Kier alpha value is -2.20. The van der Waals surface area contributed by atoms with Crippen LogP contribution in [-0.4, -0.2) is 27.7 Å². The Bertz CT molecular complexity index is 730. The molecule has 1 saturated heterocycles. The van der Waals surface area contributed by atoms with Crippen LogP contribution >= 0.6 is 0 Å². The summed E-state index contributed by atoms with van der Waals surface area (Å²) in [4.78, 5) is 9.30. The molecule has 0 aliphatic carbocycles. The predicted octanol–water partition coefficient (Wildman–Crippen LogP) is 2.92. The molecule has 1 aliphatic rings. The van der Waals surface area contributed by atoms with Crippen molar-refractivity contribution < 1.29 is 4.74 Å². The largest absolute Gasteiger partial charge is 0.381 e. The highest BCUT2D eigenvalue weighted by Gasteiger charge is 2.25. The number of hydrogen-bond acceptors (Lipinski definition) is 3. The predicted molar refractivity (Wildman–Crippen MR) is 77.0 cm³/mol. The summed E-state index contributed by atoms with van der Waals surface area (Å²) in [5.74, 6) is 1.41. The SMILES string of the molecule is c1ccc(-n2c(C3CCOC3)nc3cccnc32)cc1. The second-order valence-electron chi connectivity index (χ2n) is 5.05. The van der Waals surface area contributed by atoms with Gasteiger partial charge in [0, 0.05) is 24.4 Å². The molecule has 2 aromatic heterocycles. The van der Waals surface area contributed by atoms with Crippen molar-refractivity contribution in [3.63, 3.8) is 0 Å². The molecule has 1 aromatic carbocycles. The van der Waals surface area contributed by atoms with Crippen LogP contribution in [0.5, 0.6) is 0 Å². The van der Waals surface area contributed by atoms with Gasteiger partial charge in [-0.25, -0.2) is 9.97 Å². The van der Waals surface area contributed by atoms with Crippen LogP contribution in [0.25, 0.3) is 16.9 Å². The molecule has 0 N–H and O–H groups in total. The minimum absolute atomic E-state index is 0.351. The first-order valence-corrected chi connectivity index (χ1v) is 6.90. The Labute approximate surface area is 117 Å². The van der Waals surface area contributed by atoms with E-state index < -0.39 is 0 Å². The first kappa shape index (κ1) is 11.6. The third-order valence-electron chi connectivity index (χ3n) is 3.75. The topological polar surface area (TPSA) is 39.9 Å². The molecule has 4 nitrogen and oxygen atoms in total. The minimum atomic E-state index is 0.351. The summed E-state index contributed by atoms with van der Waals surface area (Å²) in [5, 5.41) is 0. The van der Waals surface area contributed by atoms with E-state index in [1.807, 2.05) is 36.5 Å². The number of ether oxygens (including phenoxy) is 1. The van der Waals surface area contributed by atoms with Gasteiger partial charge in [-0.3, -0.25) is 4.57 Å². The fourth-order valence-electron chi connectivity index (χ4n) is 2.77. The monoisotopic (exact) mass is 265 g/mol. The van der Waals surface area contributed by atoms with Gasteiger partial charge in [0.15, 0.2) is 5.65 Å². The molecule has 20 heavy (non-hydrogen) atoms. The van der Waals surface area contributed by atoms with E-state index in [0.29, 0.717) is 5.92 Å². The summed E-state index contributed by atoms with van der Waals surface area (Å²) in [5.41, 5.74) is 2.97. The van der Waals surface area contributed by atoms with E-state index in [0.717, 1.165) is 42.3 Å². The zero-order chi connectivity index (χ0) is 13.4.